The van der Waals surface area contributed by atoms with Gasteiger partial charge in [-0.1, -0.05) is 12.1 Å². The molecule has 3 aromatic rings. The number of ether oxygens (including phenoxy) is 1. The number of aromatic nitrogens is 4. The molecule has 0 saturated carbocycles. The van der Waals surface area contributed by atoms with Crippen molar-refractivity contribution in [3.8, 4) is 11.3 Å². The predicted molar refractivity (Wildman–Crippen MR) is 96.1 cm³/mol. The number of aliphatic hydroxyl groups excluding tert-OH is 1. The van der Waals surface area contributed by atoms with Gasteiger partial charge in [0.1, 0.15) is 0 Å². The zero-order valence-corrected chi connectivity index (χ0v) is 14.5. The van der Waals surface area contributed by atoms with E-state index in [2.05, 4.69) is 20.4 Å². The van der Waals surface area contributed by atoms with Gasteiger partial charge in [0.15, 0.2) is 0 Å². The number of esters is 1. The van der Waals surface area contributed by atoms with Crippen LogP contribution in [0.3, 0.4) is 0 Å². The number of aryl methyl sites for hydroxylation is 1. The zero-order chi connectivity index (χ0) is 18.5. The number of anilines is 2. The van der Waals surface area contributed by atoms with Crippen LogP contribution in [0.4, 0.5) is 11.6 Å². The van der Waals surface area contributed by atoms with Crippen molar-refractivity contribution >= 4 is 17.6 Å². The third kappa shape index (κ3) is 3.86. The van der Waals surface area contributed by atoms with Crippen molar-refractivity contribution in [3.63, 3.8) is 0 Å². The maximum atomic E-state index is 11.6. The molecule has 2 heterocycles. The van der Waals surface area contributed by atoms with Gasteiger partial charge in [-0.05, 0) is 24.6 Å². The summed E-state index contributed by atoms with van der Waals surface area (Å²) in [5, 5.41) is 16.2. The summed E-state index contributed by atoms with van der Waals surface area (Å²) < 4.78 is 6.34. The lowest BCUT2D eigenvalue weighted by atomic mass is 10.1. The number of aliphatic hydroxyl groups is 1. The molecule has 2 N–H and O–H groups in total. The highest BCUT2D eigenvalue weighted by Crippen LogP contribution is 2.23. The first kappa shape index (κ1) is 17.6. The first-order valence-corrected chi connectivity index (χ1v) is 8.03. The average Bonchev–Trinajstić information content (AvgIpc) is 3.10. The van der Waals surface area contributed by atoms with Crippen LogP contribution in [0.25, 0.3) is 11.3 Å². The predicted octanol–water partition coefficient (Wildman–Crippen LogP) is 2.17. The lowest BCUT2D eigenvalue weighted by Crippen LogP contribution is -2.02. The largest absolute Gasteiger partial charge is 0.465 e. The van der Waals surface area contributed by atoms with Crippen LogP contribution in [0.15, 0.2) is 42.9 Å². The van der Waals surface area contributed by atoms with Crippen LogP contribution < -0.4 is 5.32 Å². The molecule has 0 saturated heterocycles. The lowest BCUT2D eigenvalue weighted by molar-refractivity contribution is 0.0600. The van der Waals surface area contributed by atoms with Crippen LogP contribution in [-0.2, 0) is 11.3 Å². The van der Waals surface area contributed by atoms with Crippen molar-refractivity contribution in [2.75, 3.05) is 19.0 Å². The average molecular weight is 353 g/mol. The number of rotatable bonds is 6. The van der Waals surface area contributed by atoms with Gasteiger partial charge in [-0.2, -0.15) is 5.10 Å². The molecule has 0 aliphatic heterocycles. The molecule has 0 amide bonds. The van der Waals surface area contributed by atoms with Gasteiger partial charge < -0.3 is 15.2 Å². The topological polar surface area (TPSA) is 102 Å². The Morgan fingerprint density at radius 3 is 2.73 bits per heavy atom. The highest BCUT2D eigenvalue weighted by molar-refractivity contribution is 5.89. The Kier molecular flexibility index (Phi) is 5.23. The number of carbonyl (C=O) groups is 1. The smallest absolute Gasteiger partial charge is 0.337 e. The van der Waals surface area contributed by atoms with E-state index in [1.54, 1.807) is 35.4 Å². The molecule has 0 radical (unpaired) electrons. The maximum Gasteiger partial charge on any atom is 0.337 e. The van der Waals surface area contributed by atoms with Gasteiger partial charge >= 0.3 is 5.97 Å². The fourth-order valence-corrected chi connectivity index (χ4v) is 2.46. The molecule has 3 rings (SSSR count). The summed E-state index contributed by atoms with van der Waals surface area (Å²) in [5.41, 5.74) is 3.77. The highest BCUT2D eigenvalue weighted by Gasteiger charge is 2.10. The van der Waals surface area contributed by atoms with Crippen molar-refractivity contribution in [2.45, 2.75) is 13.5 Å². The quantitative estimate of drug-likeness (QED) is 0.655. The number of hydrogen-bond acceptors (Lipinski definition) is 7. The maximum absolute atomic E-state index is 11.6. The number of methoxy groups -OCH3 is 1. The third-order valence-corrected chi connectivity index (χ3v) is 3.77. The second-order valence-electron chi connectivity index (χ2n) is 5.63. The van der Waals surface area contributed by atoms with Gasteiger partial charge in [-0.3, -0.25) is 4.68 Å². The van der Waals surface area contributed by atoms with E-state index in [1.807, 2.05) is 19.1 Å². The zero-order valence-electron chi connectivity index (χ0n) is 14.5. The fraction of sp³-hybridized carbons (Fsp3) is 0.222. The summed E-state index contributed by atoms with van der Waals surface area (Å²) in [6.07, 6.45) is 5.14. The first-order chi connectivity index (χ1) is 12.6. The van der Waals surface area contributed by atoms with E-state index < -0.39 is 0 Å². The molecule has 2 aromatic heterocycles. The summed E-state index contributed by atoms with van der Waals surface area (Å²) in [7, 11) is 1.35. The van der Waals surface area contributed by atoms with Crippen LogP contribution in [0.5, 0.6) is 0 Å². The van der Waals surface area contributed by atoms with Crippen LogP contribution in [-0.4, -0.2) is 44.5 Å². The summed E-state index contributed by atoms with van der Waals surface area (Å²) in [5.74, 6) is 0.0596. The number of benzene rings is 1. The van der Waals surface area contributed by atoms with E-state index in [0.29, 0.717) is 18.1 Å². The summed E-state index contributed by atoms with van der Waals surface area (Å²) in [4.78, 5) is 20.4. The summed E-state index contributed by atoms with van der Waals surface area (Å²) >= 11 is 0. The second kappa shape index (κ2) is 7.75. The number of nitrogens with one attached hydrogen (secondary N) is 1. The standard InChI is InChI=1S/C18H19N5O3/c1-12-9-19-18(21-15-10-20-23(11-15)7-8-24)22-16(12)13-3-5-14(6-4-13)17(25)26-2/h3-6,9-11,24H,7-8H2,1-2H3,(H,19,21,22). The van der Waals surface area contributed by atoms with Gasteiger partial charge in [-0.15, -0.1) is 0 Å². The number of hydrogen-bond donors (Lipinski definition) is 2. The monoisotopic (exact) mass is 353 g/mol. The Bertz CT molecular complexity index is 905. The molecule has 0 bridgehead atoms. The van der Waals surface area contributed by atoms with E-state index in [-0.39, 0.29) is 12.6 Å². The molecule has 0 atom stereocenters. The van der Waals surface area contributed by atoms with Crippen molar-refractivity contribution in [1.82, 2.24) is 19.7 Å². The molecule has 0 aliphatic rings. The van der Waals surface area contributed by atoms with Crippen LogP contribution in [0.2, 0.25) is 0 Å². The second-order valence-corrected chi connectivity index (χ2v) is 5.63. The van der Waals surface area contributed by atoms with Crippen molar-refractivity contribution in [3.05, 3.63) is 54.0 Å². The van der Waals surface area contributed by atoms with Crippen LogP contribution >= 0.6 is 0 Å². The number of nitrogens with zero attached hydrogens (tertiary/aromatic N) is 4. The Morgan fingerprint density at radius 1 is 1.27 bits per heavy atom. The van der Waals surface area contributed by atoms with Crippen LogP contribution in [0, 0.1) is 6.92 Å². The Hall–Kier alpha value is -3.26. The van der Waals surface area contributed by atoms with Crippen molar-refractivity contribution < 1.29 is 14.6 Å². The lowest BCUT2D eigenvalue weighted by Gasteiger charge is -2.09. The van der Waals surface area contributed by atoms with E-state index in [4.69, 9.17) is 9.84 Å². The van der Waals surface area contributed by atoms with E-state index in [9.17, 15) is 4.79 Å². The fourth-order valence-electron chi connectivity index (χ4n) is 2.46. The molecule has 134 valence electrons. The highest BCUT2D eigenvalue weighted by atomic mass is 16.5. The molecular weight excluding hydrogens is 334 g/mol. The minimum atomic E-state index is -0.377. The first-order valence-electron chi connectivity index (χ1n) is 8.03. The molecule has 8 heteroatoms. The molecule has 0 fully saturated rings. The molecule has 0 spiro atoms. The van der Waals surface area contributed by atoms with E-state index in [0.717, 1.165) is 22.5 Å². The van der Waals surface area contributed by atoms with Crippen molar-refractivity contribution in [2.24, 2.45) is 0 Å². The minimum absolute atomic E-state index is 0.0217. The van der Waals surface area contributed by atoms with Gasteiger partial charge in [0.2, 0.25) is 5.95 Å². The third-order valence-electron chi connectivity index (χ3n) is 3.77. The SMILES string of the molecule is COC(=O)c1ccc(-c2nc(Nc3cnn(CCO)c3)ncc2C)cc1. The van der Waals surface area contributed by atoms with Gasteiger partial charge in [-0.25, -0.2) is 14.8 Å². The van der Waals surface area contributed by atoms with E-state index >= 15 is 0 Å². The molecule has 8 nitrogen and oxygen atoms in total. The molecule has 0 aliphatic carbocycles. The minimum Gasteiger partial charge on any atom is -0.465 e. The Labute approximate surface area is 150 Å². The summed E-state index contributed by atoms with van der Waals surface area (Å²) in [6.45, 7) is 2.37. The normalized spacial score (nSPS) is 10.6. The van der Waals surface area contributed by atoms with Gasteiger partial charge in [0, 0.05) is 18.0 Å². The molecular formula is C18H19N5O3. The molecule has 26 heavy (non-hydrogen) atoms. The van der Waals surface area contributed by atoms with E-state index in [1.165, 1.54) is 7.11 Å². The Balaban J connectivity index is 1.84. The molecule has 1 aromatic carbocycles. The van der Waals surface area contributed by atoms with Crippen LogP contribution in [0.1, 0.15) is 15.9 Å². The van der Waals surface area contributed by atoms with Gasteiger partial charge in [0.05, 0.1) is 43.4 Å². The Morgan fingerprint density at radius 2 is 2.04 bits per heavy atom. The number of carbonyl (C=O) groups excluding carboxylic acids is 1. The van der Waals surface area contributed by atoms with Crippen molar-refractivity contribution in [1.29, 1.82) is 0 Å². The summed E-state index contributed by atoms with van der Waals surface area (Å²) in [6, 6.07) is 7.05. The molecule has 0 unspecified atom stereocenters. The van der Waals surface area contributed by atoms with Gasteiger partial charge in [0.25, 0.3) is 0 Å².